The number of nitrogens with one attached hydrogen (secondary N) is 2. The molecule has 0 atom stereocenters. The monoisotopic (exact) mass is 290 g/mol. The standard InChI is InChI=1S/C9H12BrClN4/c10-7-5-12-9(11)13-8(7)15-14-6-3-1-2-4-6/h5-6,14H,1-4H2,(H,12,13,15). The maximum Gasteiger partial charge on any atom is 0.224 e. The van der Waals surface area contributed by atoms with E-state index in [1.165, 1.54) is 25.7 Å². The van der Waals surface area contributed by atoms with Crippen LogP contribution in [-0.2, 0) is 0 Å². The summed E-state index contributed by atoms with van der Waals surface area (Å²) < 4.78 is 0.803. The molecule has 0 saturated heterocycles. The summed E-state index contributed by atoms with van der Waals surface area (Å²) >= 11 is 9.06. The average molecular weight is 292 g/mol. The van der Waals surface area contributed by atoms with E-state index in [0.717, 1.165) is 4.47 Å². The van der Waals surface area contributed by atoms with E-state index in [-0.39, 0.29) is 5.28 Å². The highest BCUT2D eigenvalue weighted by atomic mass is 79.9. The van der Waals surface area contributed by atoms with Crippen molar-refractivity contribution in [1.29, 1.82) is 0 Å². The summed E-state index contributed by atoms with van der Waals surface area (Å²) in [7, 11) is 0. The number of hydrogen-bond acceptors (Lipinski definition) is 4. The van der Waals surface area contributed by atoms with Gasteiger partial charge < -0.3 is 5.43 Å². The highest BCUT2D eigenvalue weighted by molar-refractivity contribution is 9.10. The molecule has 15 heavy (non-hydrogen) atoms. The summed E-state index contributed by atoms with van der Waals surface area (Å²) in [6.45, 7) is 0. The van der Waals surface area contributed by atoms with Gasteiger partial charge in [-0.05, 0) is 40.4 Å². The fraction of sp³-hybridized carbons (Fsp3) is 0.556. The van der Waals surface area contributed by atoms with Gasteiger partial charge >= 0.3 is 0 Å². The molecule has 0 amide bonds. The van der Waals surface area contributed by atoms with Crippen molar-refractivity contribution in [1.82, 2.24) is 15.4 Å². The van der Waals surface area contributed by atoms with Crippen LogP contribution in [0.3, 0.4) is 0 Å². The number of rotatable bonds is 3. The Hall–Kier alpha value is -0.390. The Labute approximate surface area is 102 Å². The molecule has 2 rings (SSSR count). The Kier molecular flexibility index (Phi) is 3.77. The second-order valence-electron chi connectivity index (χ2n) is 3.59. The molecule has 4 nitrogen and oxygen atoms in total. The lowest BCUT2D eigenvalue weighted by Gasteiger charge is -2.14. The summed E-state index contributed by atoms with van der Waals surface area (Å²) in [5.41, 5.74) is 6.30. The van der Waals surface area contributed by atoms with Gasteiger partial charge in [0.05, 0.1) is 4.47 Å². The van der Waals surface area contributed by atoms with Crippen molar-refractivity contribution in [2.24, 2.45) is 0 Å². The molecule has 0 aromatic carbocycles. The third-order valence-corrected chi connectivity index (χ3v) is 3.23. The lowest BCUT2D eigenvalue weighted by molar-refractivity contribution is 0.574. The smallest absolute Gasteiger partial charge is 0.224 e. The van der Waals surface area contributed by atoms with Crippen molar-refractivity contribution < 1.29 is 0 Å². The van der Waals surface area contributed by atoms with Crippen LogP contribution in [-0.4, -0.2) is 16.0 Å². The molecule has 82 valence electrons. The molecule has 0 bridgehead atoms. The summed E-state index contributed by atoms with van der Waals surface area (Å²) in [4.78, 5) is 7.93. The lowest BCUT2D eigenvalue weighted by atomic mass is 10.3. The van der Waals surface area contributed by atoms with Gasteiger partial charge in [-0.15, -0.1) is 0 Å². The molecule has 1 aromatic rings. The first-order chi connectivity index (χ1) is 7.25. The zero-order valence-corrected chi connectivity index (χ0v) is 10.5. The fourth-order valence-electron chi connectivity index (χ4n) is 1.67. The van der Waals surface area contributed by atoms with Gasteiger partial charge in [0, 0.05) is 12.2 Å². The summed E-state index contributed by atoms with van der Waals surface area (Å²) in [5.74, 6) is 0.682. The van der Waals surface area contributed by atoms with E-state index in [2.05, 4.69) is 36.7 Å². The number of hydrogen-bond donors (Lipinski definition) is 2. The Morgan fingerprint density at radius 2 is 2.13 bits per heavy atom. The number of nitrogens with zero attached hydrogens (tertiary/aromatic N) is 2. The number of halogens is 2. The first kappa shape index (κ1) is 11.1. The Morgan fingerprint density at radius 3 is 2.87 bits per heavy atom. The molecule has 2 N–H and O–H groups in total. The quantitative estimate of drug-likeness (QED) is 0.664. The maximum absolute atomic E-state index is 5.70. The van der Waals surface area contributed by atoms with Gasteiger partial charge in [-0.1, -0.05) is 12.8 Å². The first-order valence-electron chi connectivity index (χ1n) is 4.95. The molecule has 1 saturated carbocycles. The predicted molar refractivity (Wildman–Crippen MR) is 63.8 cm³/mol. The van der Waals surface area contributed by atoms with Gasteiger partial charge in [0.2, 0.25) is 5.28 Å². The molecule has 6 heteroatoms. The first-order valence-corrected chi connectivity index (χ1v) is 6.12. The minimum atomic E-state index is 0.244. The van der Waals surface area contributed by atoms with E-state index < -0.39 is 0 Å². The van der Waals surface area contributed by atoms with Crippen LogP contribution in [0.5, 0.6) is 0 Å². The molecule has 0 spiro atoms. The van der Waals surface area contributed by atoms with E-state index in [1.807, 2.05) is 0 Å². The lowest BCUT2D eigenvalue weighted by Crippen LogP contribution is -2.32. The molecule has 1 aliphatic carbocycles. The van der Waals surface area contributed by atoms with E-state index >= 15 is 0 Å². The minimum absolute atomic E-state index is 0.244. The summed E-state index contributed by atoms with van der Waals surface area (Å²) in [6.07, 6.45) is 6.65. The average Bonchev–Trinajstić information content (AvgIpc) is 2.72. The third-order valence-electron chi connectivity index (χ3n) is 2.46. The van der Waals surface area contributed by atoms with E-state index in [9.17, 15) is 0 Å². The van der Waals surface area contributed by atoms with Crippen LogP contribution in [0.4, 0.5) is 5.82 Å². The highest BCUT2D eigenvalue weighted by Gasteiger charge is 2.14. The van der Waals surface area contributed by atoms with Gasteiger partial charge in [-0.2, -0.15) is 4.98 Å². The van der Waals surface area contributed by atoms with Crippen molar-refractivity contribution in [2.75, 3.05) is 5.43 Å². The molecule has 0 unspecified atom stereocenters. The Bertz CT molecular complexity index is 341. The zero-order valence-electron chi connectivity index (χ0n) is 8.13. The molecular formula is C9H12BrClN4. The van der Waals surface area contributed by atoms with Crippen molar-refractivity contribution >= 4 is 33.3 Å². The molecule has 1 aliphatic rings. The van der Waals surface area contributed by atoms with Crippen LogP contribution in [0.2, 0.25) is 5.28 Å². The van der Waals surface area contributed by atoms with Crippen molar-refractivity contribution in [3.63, 3.8) is 0 Å². The number of hydrazine groups is 1. The Morgan fingerprint density at radius 1 is 1.40 bits per heavy atom. The number of anilines is 1. The van der Waals surface area contributed by atoms with Crippen LogP contribution in [0, 0.1) is 0 Å². The summed E-state index contributed by atoms with van der Waals surface area (Å²) in [5, 5.41) is 0.244. The Balaban J connectivity index is 1.94. The van der Waals surface area contributed by atoms with Crippen LogP contribution in [0.15, 0.2) is 10.7 Å². The topological polar surface area (TPSA) is 49.8 Å². The van der Waals surface area contributed by atoms with E-state index in [1.54, 1.807) is 6.20 Å². The van der Waals surface area contributed by atoms with Crippen LogP contribution >= 0.6 is 27.5 Å². The molecule has 1 aromatic heterocycles. The third kappa shape index (κ3) is 3.03. The second kappa shape index (κ2) is 5.09. The predicted octanol–water partition coefficient (Wildman–Crippen LogP) is 2.75. The molecule has 0 radical (unpaired) electrons. The van der Waals surface area contributed by atoms with Crippen molar-refractivity contribution in [2.45, 2.75) is 31.7 Å². The van der Waals surface area contributed by atoms with Crippen molar-refractivity contribution in [3.05, 3.63) is 16.0 Å². The number of aromatic nitrogens is 2. The van der Waals surface area contributed by atoms with Crippen LogP contribution in [0.25, 0.3) is 0 Å². The van der Waals surface area contributed by atoms with Gasteiger partial charge in [-0.25, -0.2) is 10.4 Å². The van der Waals surface area contributed by atoms with Gasteiger partial charge in [0.1, 0.15) is 0 Å². The van der Waals surface area contributed by atoms with Gasteiger partial charge in [0.25, 0.3) is 0 Å². The molecular weight excluding hydrogens is 279 g/mol. The van der Waals surface area contributed by atoms with Crippen LogP contribution < -0.4 is 10.9 Å². The van der Waals surface area contributed by atoms with Gasteiger partial charge in [-0.3, -0.25) is 0 Å². The SMILES string of the molecule is Clc1ncc(Br)c(NNC2CCCC2)n1. The molecule has 1 fully saturated rings. The van der Waals surface area contributed by atoms with E-state index in [0.29, 0.717) is 11.9 Å². The van der Waals surface area contributed by atoms with Crippen LogP contribution in [0.1, 0.15) is 25.7 Å². The normalized spacial score (nSPS) is 16.9. The minimum Gasteiger partial charge on any atom is -0.304 e. The largest absolute Gasteiger partial charge is 0.304 e. The fourth-order valence-corrected chi connectivity index (χ4v) is 2.10. The highest BCUT2D eigenvalue weighted by Crippen LogP contribution is 2.21. The van der Waals surface area contributed by atoms with Gasteiger partial charge in [0.15, 0.2) is 5.82 Å². The van der Waals surface area contributed by atoms with E-state index in [4.69, 9.17) is 11.6 Å². The zero-order chi connectivity index (χ0) is 10.7. The molecule has 1 heterocycles. The van der Waals surface area contributed by atoms with Crippen molar-refractivity contribution in [3.8, 4) is 0 Å². The molecule has 0 aliphatic heterocycles. The maximum atomic E-state index is 5.70. The second-order valence-corrected chi connectivity index (χ2v) is 4.78. The summed E-state index contributed by atoms with van der Waals surface area (Å²) in [6, 6.07) is 0.533.